The van der Waals surface area contributed by atoms with Crippen molar-refractivity contribution in [3.8, 4) is 0 Å². The monoisotopic (exact) mass is 240 g/mol. The molecule has 0 saturated heterocycles. The maximum absolute atomic E-state index is 11.9. The highest BCUT2D eigenvalue weighted by atomic mass is 32.2. The molecule has 88 valence electrons. The van der Waals surface area contributed by atoms with Gasteiger partial charge in [0.25, 0.3) is 0 Å². The van der Waals surface area contributed by atoms with Crippen molar-refractivity contribution in [3.63, 3.8) is 0 Å². The molecule has 0 aliphatic heterocycles. The number of anilines is 1. The maximum atomic E-state index is 11.9. The van der Waals surface area contributed by atoms with Gasteiger partial charge in [-0.15, -0.1) is 6.58 Å². The second kappa shape index (κ2) is 4.67. The van der Waals surface area contributed by atoms with Gasteiger partial charge in [-0.2, -0.15) is 0 Å². The van der Waals surface area contributed by atoms with Crippen LogP contribution in [0.3, 0.4) is 0 Å². The average molecular weight is 240 g/mol. The van der Waals surface area contributed by atoms with E-state index in [1.165, 1.54) is 12.1 Å². The molecule has 0 aliphatic carbocycles. The van der Waals surface area contributed by atoms with Gasteiger partial charge in [0.05, 0.1) is 4.90 Å². The topological polar surface area (TPSA) is 72.2 Å². The Bertz CT molecular complexity index is 507. The van der Waals surface area contributed by atoms with Crippen LogP contribution in [-0.4, -0.2) is 15.0 Å². The minimum Gasteiger partial charge on any atom is -0.399 e. The zero-order valence-corrected chi connectivity index (χ0v) is 10.3. The highest BCUT2D eigenvalue weighted by Crippen LogP contribution is 2.21. The highest BCUT2D eigenvalue weighted by molar-refractivity contribution is 7.89. The quantitative estimate of drug-likeness (QED) is 0.616. The smallest absolute Gasteiger partial charge is 0.241 e. The number of hydrogen-bond donors (Lipinski definition) is 2. The molecule has 0 aliphatic rings. The van der Waals surface area contributed by atoms with Crippen molar-refractivity contribution in [1.82, 2.24) is 4.72 Å². The number of nitrogens with two attached hydrogens (primary N) is 1. The molecule has 1 aromatic rings. The largest absolute Gasteiger partial charge is 0.399 e. The molecule has 0 bridgehead atoms. The molecule has 0 atom stereocenters. The normalized spacial score (nSPS) is 11.4. The molecule has 0 spiro atoms. The fourth-order valence-electron chi connectivity index (χ4n) is 1.38. The van der Waals surface area contributed by atoms with Crippen molar-refractivity contribution >= 4 is 15.7 Å². The Hall–Kier alpha value is -1.33. The standard InChI is InChI=1S/C11H16N2O2S/c1-4-5-13-16(14,15)11-7-10(12)6-8(2)9(11)3/h4,6-7,13H,1,5,12H2,2-3H3. The lowest BCUT2D eigenvalue weighted by Crippen LogP contribution is -2.24. The minimum absolute atomic E-state index is 0.204. The van der Waals surface area contributed by atoms with E-state index < -0.39 is 10.0 Å². The van der Waals surface area contributed by atoms with Crippen LogP contribution in [-0.2, 0) is 10.0 Å². The van der Waals surface area contributed by atoms with Gasteiger partial charge < -0.3 is 5.73 Å². The molecule has 0 saturated carbocycles. The lowest BCUT2D eigenvalue weighted by atomic mass is 10.1. The highest BCUT2D eigenvalue weighted by Gasteiger charge is 2.17. The average Bonchev–Trinajstić information content (AvgIpc) is 2.20. The number of rotatable bonds is 4. The summed E-state index contributed by atoms with van der Waals surface area (Å²) in [5.41, 5.74) is 7.66. The molecule has 0 aromatic heterocycles. The van der Waals surface area contributed by atoms with E-state index >= 15 is 0 Å². The third kappa shape index (κ3) is 2.62. The summed E-state index contributed by atoms with van der Waals surface area (Å²) in [5, 5.41) is 0. The third-order valence-electron chi connectivity index (χ3n) is 2.35. The molecule has 3 N–H and O–H groups in total. The second-order valence-corrected chi connectivity index (χ2v) is 5.34. The van der Waals surface area contributed by atoms with E-state index in [2.05, 4.69) is 11.3 Å². The van der Waals surface area contributed by atoms with Crippen LogP contribution < -0.4 is 10.5 Å². The van der Waals surface area contributed by atoms with Crippen LogP contribution in [0.2, 0.25) is 0 Å². The second-order valence-electron chi connectivity index (χ2n) is 3.60. The van der Waals surface area contributed by atoms with E-state index in [1.807, 2.05) is 6.92 Å². The molecule has 1 rings (SSSR count). The van der Waals surface area contributed by atoms with Crippen LogP contribution >= 0.6 is 0 Å². The lowest BCUT2D eigenvalue weighted by Gasteiger charge is -2.11. The molecule has 4 nitrogen and oxygen atoms in total. The SMILES string of the molecule is C=CCNS(=O)(=O)c1cc(N)cc(C)c1C. The van der Waals surface area contributed by atoms with Gasteiger partial charge in [-0.3, -0.25) is 0 Å². The molecule has 1 aromatic carbocycles. The van der Waals surface area contributed by atoms with Crippen LogP contribution in [0.1, 0.15) is 11.1 Å². The van der Waals surface area contributed by atoms with Crippen molar-refractivity contribution in [2.75, 3.05) is 12.3 Å². The van der Waals surface area contributed by atoms with Crippen molar-refractivity contribution < 1.29 is 8.42 Å². The van der Waals surface area contributed by atoms with Gasteiger partial charge in [0.1, 0.15) is 0 Å². The Morgan fingerprint density at radius 2 is 2.06 bits per heavy atom. The Balaban J connectivity index is 3.27. The first-order chi connectivity index (χ1) is 7.38. The van der Waals surface area contributed by atoms with Gasteiger partial charge in [0, 0.05) is 12.2 Å². The van der Waals surface area contributed by atoms with Crippen LogP contribution in [0.25, 0.3) is 0 Å². The summed E-state index contributed by atoms with van der Waals surface area (Å²) in [4.78, 5) is 0.229. The molecule has 5 heteroatoms. The van der Waals surface area contributed by atoms with E-state index in [0.717, 1.165) is 5.56 Å². The first kappa shape index (κ1) is 12.7. The van der Waals surface area contributed by atoms with Gasteiger partial charge in [0.15, 0.2) is 0 Å². The van der Waals surface area contributed by atoms with Crippen molar-refractivity contribution in [3.05, 3.63) is 35.9 Å². The number of benzene rings is 1. The third-order valence-corrected chi connectivity index (χ3v) is 3.90. The fourth-order valence-corrected chi connectivity index (χ4v) is 2.73. The summed E-state index contributed by atoms with van der Waals surface area (Å²) in [5.74, 6) is 0. The number of aryl methyl sites for hydroxylation is 1. The molecule has 16 heavy (non-hydrogen) atoms. The van der Waals surface area contributed by atoms with Crippen LogP contribution in [0.4, 0.5) is 5.69 Å². The van der Waals surface area contributed by atoms with Crippen molar-refractivity contribution in [2.45, 2.75) is 18.7 Å². The van der Waals surface area contributed by atoms with Crippen molar-refractivity contribution in [1.29, 1.82) is 0 Å². The Kier molecular flexibility index (Phi) is 3.72. The Morgan fingerprint density at radius 1 is 1.44 bits per heavy atom. The number of hydrogen-bond acceptors (Lipinski definition) is 3. The van der Waals surface area contributed by atoms with Gasteiger partial charge in [-0.25, -0.2) is 13.1 Å². The first-order valence-electron chi connectivity index (χ1n) is 4.86. The molecule has 0 heterocycles. The summed E-state index contributed by atoms with van der Waals surface area (Å²) in [6.45, 7) is 7.26. The van der Waals surface area contributed by atoms with E-state index in [1.54, 1.807) is 13.0 Å². The number of nitrogens with one attached hydrogen (secondary N) is 1. The Labute approximate surface area is 96.2 Å². The molecule has 0 unspecified atom stereocenters. The maximum Gasteiger partial charge on any atom is 0.241 e. The van der Waals surface area contributed by atoms with Gasteiger partial charge in [-0.05, 0) is 37.1 Å². The predicted molar refractivity (Wildman–Crippen MR) is 65.7 cm³/mol. The molecular formula is C11H16N2O2S. The molecule has 0 amide bonds. The lowest BCUT2D eigenvalue weighted by molar-refractivity contribution is 0.585. The van der Waals surface area contributed by atoms with Crippen LogP contribution in [0.15, 0.2) is 29.7 Å². The van der Waals surface area contributed by atoms with Crippen molar-refractivity contribution in [2.24, 2.45) is 0 Å². The molecular weight excluding hydrogens is 224 g/mol. The number of sulfonamides is 1. The summed E-state index contributed by atoms with van der Waals surface area (Å²) in [7, 11) is -3.50. The summed E-state index contributed by atoms with van der Waals surface area (Å²) < 4.78 is 26.2. The fraction of sp³-hybridized carbons (Fsp3) is 0.273. The molecule has 0 radical (unpaired) electrons. The van der Waals surface area contributed by atoms with E-state index in [0.29, 0.717) is 11.3 Å². The van der Waals surface area contributed by atoms with Crippen LogP contribution in [0, 0.1) is 13.8 Å². The first-order valence-corrected chi connectivity index (χ1v) is 6.34. The zero-order chi connectivity index (χ0) is 12.3. The van der Waals surface area contributed by atoms with Gasteiger partial charge in [-0.1, -0.05) is 6.08 Å². The summed E-state index contributed by atoms with van der Waals surface area (Å²) in [6.07, 6.45) is 1.49. The van der Waals surface area contributed by atoms with Gasteiger partial charge >= 0.3 is 0 Å². The zero-order valence-electron chi connectivity index (χ0n) is 9.45. The summed E-state index contributed by atoms with van der Waals surface area (Å²) in [6, 6.07) is 3.22. The van der Waals surface area contributed by atoms with Crippen LogP contribution in [0.5, 0.6) is 0 Å². The van der Waals surface area contributed by atoms with E-state index in [-0.39, 0.29) is 11.4 Å². The Morgan fingerprint density at radius 3 is 2.62 bits per heavy atom. The predicted octanol–water partition coefficient (Wildman–Crippen LogP) is 1.35. The summed E-state index contributed by atoms with van der Waals surface area (Å²) >= 11 is 0. The van der Waals surface area contributed by atoms with E-state index in [4.69, 9.17) is 5.73 Å². The minimum atomic E-state index is -3.50. The van der Waals surface area contributed by atoms with Gasteiger partial charge in [0.2, 0.25) is 10.0 Å². The molecule has 0 fully saturated rings. The number of nitrogen functional groups attached to an aromatic ring is 1. The van der Waals surface area contributed by atoms with E-state index in [9.17, 15) is 8.42 Å².